The lowest BCUT2D eigenvalue weighted by molar-refractivity contribution is -0.132. The first-order valence-corrected chi connectivity index (χ1v) is 10.4. The van der Waals surface area contributed by atoms with Crippen molar-refractivity contribution in [2.45, 2.75) is 12.1 Å². The van der Waals surface area contributed by atoms with Crippen LogP contribution in [0.1, 0.15) is 16.7 Å². The Morgan fingerprint density at radius 2 is 1.62 bits per heavy atom. The minimum atomic E-state index is -1.79. The van der Waals surface area contributed by atoms with Gasteiger partial charge in [-0.1, -0.05) is 36.4 Å². The number of fused-ring (bicyclic) bond motifs is 2. The number of hydrogen-bond acceptors (Lipinski definition) is 4. The summed E-state index contributed by atoms with van der Waals surface area (Å²) in [6.45, 7) is 0.488. The van der Waals surface area contributed by atoms with Crippen LogP contribution in [0.15, 0.2) is 91.3 Å². The molecule has 0 radical (unpaired) electrons. The fraction of sp³-hybridized carbons (Fsp3) is 0.115. The first-order chi connectivity index (χ1) is 15.6. The number of aromatic nitrogens is 1. The van der Waals surface area contributed by atoms with Crippen LogP contribution >= 0.6 is 0 Å². The van der Waals surface area contributed by atoms with Gasteiger partial charge in [0.25, 0.3) is 5.91 Å². The number of amides is 1. The van der Waals surface area contributed by atoms with Crippen LogP contribution in [0.4, 0.5) is 5.69 Å². The van der Waals surface area contributed by atoms with Crippen molar-refractivity contribution in [3.63, 3.8) is 0 Å². The highest BCUT2D eigenvalue weighted by Crippen LogP contribution is 2.47. The number of para-hydroxylation sites is 1. The van der Waals surface area contributed by atoms with Crippen molar-refractivity contribution in [3.8, 4) is 17.2 Å². The molecule has 1 unspecified atom stereocenters. The maximum atomic E-state index is 13.6. The van der Waals surface area contributed by atoms with E-state index in [9.17, 15) is 9.90 Å². The Kier molecular flexibility index (Phi) is 4.10. The number of anilines is 1. The predicted octanol–water partition coefficient (Wildman–Crippen LogP) is 3.99. The lowest BCUT2D eigenvalue weighted by Gasteiger charge is -2.24. The third-order valence-electron chi connectivity index (χ3n) is 6.11. The van der Waals surface area contributed by atoms with Gasteiger partial charge in [-0.25, -0.2) is 0 Å². The van der Waals surface area contributed by atoms with Gasteiger partial charge in [0.15, 0.2) is 17.1 Å². The molecule has 1 amide bonds. The van der Waals surface area contributed by atoms with E-state index in [0.29, 0.717) is 34.9 Å². The molecule has 32 heavy (non-hydrogen) atoms. The summed E-state index contributed by atoms with van der Waals surface area (Å²) in [6.07, 6.45) is 3.97. The highest BCUT2D eigenvalue weighted by Gasteiger charge is 2.51. The van der Waals surface area contributed by atoms with Gasteiger partial charge in [-0.05, 0) is 48.0 Å². The summed E-state index contributed by atoms with van der Waals surface area (Å²) in [5.74, 6) is 0.753. The molecular weight excluding hydrogens is 404 g/mol. The molecule has 158 valence electrons. The number of rotatable bonds is 4. The summed E-state index contributed by atoms with van der Waals surface area (Å²) < 4.78 is 12.9. The highest BCUT2D eigenvalue weighted by molar-refractivity contribution is 6.09. The molecule has 0 aliphatic carbocycles. The van der Waals surface area contributed by atoms with Gasteiger partial charge in [0.05, 0.1) is 12.2 Å². The third-order valence-corrected chi connectivity index (χ3v) is 6.11. The Balaban J connectivity index is 1.36. The molecule has 1 N–H and O–H groups in total. The van der Waals surface area contributed by atoms with E-state index in [1.54, 1.807) is 29.2 Å². The van der Waals surface area contributed by atoms with E-state index in [4.69, 9.17) is 9.47 Å². The number of aliphatic hydroxyl groups is 1. The topological polar surface area (TPSA) is 63.9 Å². The number of benzene rings is 3. The van der Waals surface area contributed by atoms with Crippen LogP contribution in [0.2, 0.25) is 0 Å². The molecule has 1 atom stereocenters. The summed E-state index contributed by atoms with van der Waals surface area (Å²) >= 11 is 0. The van der Waals surface area contributed by atoms with Gasteiger partial charge >= 0.3 is 0 Å². The summed E-state index contributed by atoms with van der Waals surface area (Å²) in [4.78, 5) is 15.3. The number of hydrogen-bond donors (Lipinski definition) is 1. The SMILES string of the molecule is O=C1N(Cc2ccc(-n3cccc3)cc2)c2ccccc2C1(O)c1ccc2c(c1)OCO2. The zero-order valence-corrected chi connectivity index (χ0v) is 17.1. The Bertz CT molecular complexity index is 1310. The van der Waals surface area contributed by atoms with Crippen molar-refractivity contribution in [3.05, 3.63) is 108 Å². The molecule has 6 rings (SSSR count). The molecule has 2 aliphatic heterocycles. The van der Waals surface area contributed by atoms with Crippen LogP contribution in [0.25, 0.3) is 5.69 Å². The van der Waals surface area contributed by atoms with E-state index in [1.807, 2.05) is 71.6 Å². The van der Waals surface area contributed by atoms with Crippen molar-refractivity contribution < 1.29 is 19.4 Å². The van der Waals surface area contributed by atoms with E-state index >= 15 is 0 Å². The molecule has 4 aromatic rings. The Labute approximate surface area is 184 Å². The van der Waals surface area contributed by atoms with Gasteiger partial charge in [-0.3, -0.25) is 4.79 Å². The molecule has 0 saturated heterocycles. The molecule has 0 bridgehead atoms. The average Bonchev–Trinajstić information content (AvgIpc) is 3.57. The maximum absolute atomic E-state index is 13.6. The molecule has 3 aromatic carbocycles. The van der Waals surface area contributed by atoms with E-state index in [1.165, 1.54) is 0 Å². The minimum Gasteiger partial charge on any atom is -0.454 e. The monoisotopic (exact) mass is 424 g/mol. The van der Waals surface area contributed by atoms with Gasteiger partial charge in [-0.2, -0.15) is 0 Å². The largest absolute Gasteiger partial charge is 0.454 e. The van der Waals surface area contributed by atoms with E-state index in [2.05, 4.69) is 0 Å². The van der Waals surface area contributed by atoms with Crippen LogP contribution in [-0.2, 0) is 16.9 Å². The molecule has 1 aromatic heterocycles. The zero-order chi connectivity index (χ0) is 21.7. The summed E-state index contributed by atoms with van der Waals surface area (Å²) in [5, 5.41) is 11.7. The van der Waals surface area contributed by atoms with Crippen molar-refractivity contribution in [1.29, 1.82) is 0 Å². The number of nitrogens with zero attached hydrogens (tertiary/aromatic N) is 2. The normalized spacial score (nSPS) is 18.8. The lowest BCUT2D eigenvalue weighted by atomic mass is 9.87. The van der Waals surface area contributed by atoms with Crippen molar-refractivity contribution >= 4 is 11.6 Å². The molecule has 6 heteroatoms. The van der Waals surface area contributed by atoms with Crippen molar-refractivity contribution in [2.75, 3.05) is 11.7 Å². The first kappa shape index (κ1) is 18.7. The van der Waals surface area contributed by atoms with Gasteiger partial charge in [0.1, 0.15) is 0 Å². The van der Waals surface area contributed by atoms with Crippen LogP contribution < -0.4 is 14.4 Å². The Hall–Kier alpha value is -4.03. The molecule has 0 fully saturated rings. The smallest absolute Gasteiger partial charge is 0.268 e. The first-order valence-electron chi connectivity index (χ1n) is 10.4. The third kappa shape index (κ3) is 2.73. The number of carbonyl (C=O) groups is 1. The standard InChI is InChI=1S/C26H20N2O4/c29-25-26(30,19-9-12-23-24(15-19)32-17-31-23)21-5-1-2-6-22(21)28(25)16-18-7-10-20(11-8-18)27-13-3-4-14-27/h1-15,30H,16-17H2. The van der Waals surface area contributed by atoms with E-state index in [0.717, 1.165) is 11.3 Å². The maximum Gasteiger partial charge on any atom is 0.268 e. The molecule has 0 saturated carbocycles. The van der Waals surface area contributed by atoms with Gasteiger partial charge in [-0.15, -0.1) is 0 Å². The average molecular weight is 424 g/mol. The van der Waals surface area contributed by atoms with Crippen molar-refractivity contribution in [2.24, 2.45) is 0 Å². The van der Waals surface area contributed by atoms with Gasteiger partial charge in [0, 0.05) is 29.2 Å². The Morgan fingerprint density at radius 1 is 0.875 bits per heavy atom. The van der Waals surface area contributed by atoms with Crippen LogP contribution in [0.3, 0.4) is 0 Å². The van der Waals surface area contributed by atoms with E-state index < -0.39 is 5.60 Å². The summed E-state index contributed by atoms with van der Waals surface area (Å²) in [6, 6.07) is 24.5. The fourth-order valence-electron chi connectivity index (χ4n) is 4.46. The fourth-order valence-corrected chi connectivity index (χ4v) is 4.46. The molecule has 6 nitrogen and oxygen atoms in total. The number of ether oxygens (including phenoxy) is 2. The second-order valence-corrected chi connectivity index (χ2v) is 7.94. The quantitative estimate of drug-likeness (QED) is 0.538. The summed E-state index contributed by atoms with van der Waals surface area (Å²) in [5.41, 5.74) is 1.95. The Morgan fingerprint density at radius 3 is 2.44 bits per heavy atom. The molecular formula is C26H20N2O4. The zero-order valence-electron chi connectivity index (χ0n) is 17.1. The predicted molar refractivity (Wildman–Crippen MR) is 119 cm³/mol. The van der Waals surface area contributed by atoms with Crippen LogP contribution in [0.5, 0.6) is 11.5 Å². The molecule has 0 spiro atoms. The van der Waals surface area contributed by atoms with Crippen LogP contribution in [0, 0.1) is 0 Å². The number of carbonyl (C=O) groups excluding carboxylic acids is 1. The minimum absolute atomic E-state index is 0.132. The van der Waals surface area contributed by atoms with Crippen LogP contribution in [-0.4, -0.2) is 22.4 Å². The lowest BCUT2D eigenvalue weighted by Crippen LogP contribution is -2.40. The molecule has 3 heterocycles. The second-order valence-electron chi connectivity index (χ2n) is 7.94. The highest BCUT2D eigenvalue weighted by atomic mass is 16.7. The second kappa shape index (κ2) is 7.00. The van der Waals surface area contributed by atoms with Gasteiger partial charge in [0.2, 0.25) is 6.79 Å². The summed E-state index contributed by atoms with van der Waals surface area (Å²) in [7, 11) is 0. The van der Waals surface area contributed by atoms with Gasteiger partial charge < -0.3 is 24.0 Å². The van der Waals surface area contributed by atoms with Crippen molar-refractivity contribution in [1.82, 2.24) is 4.57 Å². The molecule has 2 aliphatic rings. The van der Waals surface area contributed by atoms with E-state index in [-0.39, 0.29) is 12.7 Å².